The summed E-state index contributed by atoms with van der Waals surface area (Å²) in [7, 11) is 1.67. The molecule has 6 nitrogen and oxygen atoms in total. The zero-order valence-corrected chi connectivity index (χ0v) is 16.1. The Labute approximate surface area is 165 Å². The molecule has 2 aromatic carbocycles. The van der Waals surface area contributed by atoms with Gasteiger partial charge in [-0.1, -0.05) is 24.3 Å². The average Bonchev–Trinajstić information content (AvgIpc) is 2.73. The quantitative estimate of drug-likeness (QED) is 0.798. The highest BCUT2D eigenvalue weighted by Gasteiger charge is 2.25. The maximum atomic E-state index is 12.9. The summed E-state index contributed by atoms with van der Waals surface area (Å²) in [5.74, 6) is 1.18. The third-order valence-corrected chi connectivity index (χ3v) is 5.07. The first-order valence-electron chi connectivity index (χ1n) is 9.49. The molecule has 6 heteroatoms. The molecule has 0 unspecified atom stereocenters. The molecule has 2 amide bonds. The Kier molecular flexibility index (Phi) is 6.53. The van der Waals surface area contributed by atoms with Gasteiger partial charge in [-0.15, -0.1) is 0 Å². The Hall–Kier alpha value is -3.02. The van der Waals surface area contributed by atoms with Gasteiger partial charge in [0.15, 0.2) is 6.61 Å². The van der Waals surface area contributed by atoms with Gasteiger partial charge in [0.1, 0.15) is 11.5 Å². The van der Waals surface area contributed by atoms with E-state index in [1.165, 1.54) is 5.56 Å². The molecular formula is C22H26N2O4. The van der Waals surface area contributed by atoms with E-state index in [1.54, 1.807) is 31.4 Å². The van der Waals surface area contributed by atoms with Crippen LogP contribution in [0.5, 0.6) is 11.5 Å². The minimum Gasteiger partial charge on any atom is -0.497 e. The van der Waals surface area contributed by atoms with Gasteiger partial charge in [-0.25, -0.2) is 0 Å². The van der Waals surface area contributed by atoms with Crippen LogP contribution in [-0.4, -0.2) is 43.5 Å². The Morgan fingerprint density at radius 1 is 1.07 bits per heavy atom. The van der Waals surface area contributed by atoms with E-state index in [0.29, 0.717) is 30.3 Å². The molecule has 1 aliphatic rings. The predicted octanol–water partition coefficient (Wildman–Crippen LogP) is 2.65. The minimum absolute atomic E-state index is 0.0667. The lowest BCUT2D eigenvalue weighted by atomic mass is 9.90. The Morgan fingerprint density at radius 2 is 1.75 bits per heavy atom. The topological polar surface area (TPSA) is 81.9 Å². The SMILES string of the molecule is COc1ccc(CC2CCN(C(=O)c3ccccc3OCC(N)=O)CC2)cc1. The Morgan fingerprint density at radius 3 is 2.39 bits per heavy atom. The highest BCUT2D eigenvalue weighted by molar-refractivity contribution is 5.97. The van der Waals surface area contributed by atoms with Crippen molar-refractivity contribution in [3.8, 4) is 11.5 Å². The molecule has 0 bridgehead atoms. The second-order valence-electron chi connectivity index (χ2n) is 7.04. The molecule has 0 atom stereocenters. The Bertz CT molecular complexity index is 812. The van der Waals surface area contributed by atoms with Gasteiger partial charge in [0.25, 0.3) is 11.8 Å². The number of nitrogens with zero attached hydrogens (tertiary/aromatic N) is 1. The van der Waals surface area contributed by atoms with Crippen molar-refractivity contribution in [3.63, 3.8) is 0 Å². The highest BCUT2D eigenvalue weighted by atomic mass is 16.5. The van der Waals surface area contributed by atoms with Crippen molar-refractivity contribution >= 4 is 11.8 Å². The van der Waals surface area contributed by atoms with Crippen LogP contribution in [-0.2, 0) is 11.2 Å². The van der Waals surface area contributed by atoms with E-state index in [2.05, 4.69) is 12.1 Å². The first-order valence-corrected chi connectivity index (χ1v) is 9.49. The first kappa shape index (κ1) is 19.7. The van der Waals surface area contributed by atoms with E-state index < -0.39 is 5.91 Å². The zero-order valence-electron chi connectivity index (χ0n) is 16.1. The number of likely N-dealkylation sites (tertiary alicyclic amines) is 1. The molecular weight excluding hydrogens is 356 g/mol. The number of benzene rings is 2. The molecule has 1 aliphatic heterocycles. The van der Waals surface area contributed by atoms with Crippen molar-refractivity contribution in [2.45, 2.75) is 19.3 Å². The van der Waals surface area contributed by atoms with Crippen molar-refractivity contribution in [1.29, 1.82) is 0 Å². The average molecular weight is 382 g/mol. The predicted molar refractivity (Wildman–Crippen MR) is 106 cm³/mol. The number of ether oxygens (including phenoxy) is 2. The van der Waals surface area contributed by atoms with Crippen molar-refractivity contribution in [2.75, 3.05) is 26.8 Å². The summed E-state index contributed by atoms with van der Waals surface area (Å²) in [5.41, 5.74) is 6.90. The van der Waals surface area contributed by atoms with Gasteiger partial charge < -0.3 is 20.1 Å². The van der Waals surface area contributed by atoms with E-state index in [-0.39, 0.29) is 12.5 Å². The largest absolute Gasteiger partial charge is 0.497 e. The first-order chi connectivity index (χ1) is 13.6. The van der Waals surface area contributed by atoms with E-state index >= 15 is 0 Å². The molecule has 1 fully saturated rings. The van der Waals surface area contributed by atoms with Gasteiger partial charge in [-0.05, 0) is 55.0 Å². The van der Waals surface area contributed by atoms with E-state index in [4.69, 9.17) is 15.2 Å². The molecule has 2 N–H and O–H groups in total. The van der Waals surface area contributed by atoms with E-state index in [1.807, 2.05) is 17.0 Å². The molecule has 0 radical (unpaired) electrons. The lowest BCUT2D eigenvalue weighted by molar-refractivity contribution is -0.119. The third kappa shape index (κ3) is 5.03. The summed E-state index contributed by atoms with van der Waals surface area (Å²) in [5, 5.41) is 0. The third-order valence-electron chi connectivity index (χ3n) is 5.07. The van der Waals surface area contributed by atoms with Gasteiger partial charge in [0.2, 0.25) is 0 Å². The smallest absolute Gasteiger partial charge is 0.257 e. The lowest BCUT2D eigenvalue weighted by Crippen LogP contribution is -2.39. The molecule has 0 aromatic heterocycles. The number of primary amides is 1. The van der Waals surface area contributed by atoms with Gasteiger partial charge >= 0.3 is 0 Å². The van der Waals surface area contributed by atoms with Gasteiger partial charge in [-0.3, -0.25) is 9.59 Å². The fourth-order valence-corrected chi connectivity index (χ4v) is 3.52. The lowest BCUT2D eigenvalue weighted by Gasteiger charge is -2.32. The summed E-state index contributed by atoms with van der Waals surface area (Å²) in [4.78, 5) is 25.7. The molecule has 3 rings (SSSR count). The minimum atomic E-state index is -0.568. The summed E-state index contributed by atoms with van der Waals surface area (Å²) < 4.78 is 10.6. The summed E-state index contributed by atoms with van der Waals surface area (Å²) in [6.45, 7) is 1.18. The number of carbonyl (C=O) groups is 2. The molecule has 1 heterocycles. The van der Waals surface area contributed by atoms with Crippen molar-refractivity contribution in [3.05, 3.63) is 59.7 Å². The second kappa shape index (κ2) is 9.26. The fourth-order valence-electron chi connectivity index (χ4n) is 3.52. The molecule has 148 valence electrons. The summed E-state index contributed by atoms with van der Waals surface area (Å²) in [6.07, 6.45) is 2.93. The van der Waals surface area contributed by atoms with Crippen LogP contribution in [0, 0.1) is 5.92 Å². The fraction of sp³-hybridized carbons (Fsp3) is 0.364. The van der Waals surface area contributed by atoms with Crippen LogP contribution in [0.3, 0.4) is 0 Å². The number of methoxy groups -OCH3 is 1. The number of hydrogen-bond acceptors (Lipinski definition) is 4. The number of carbonyl (C=O) groups excluding carboxylic acids is 2. The van der Waals surface area contributed by atoms with Crippen LogP contribution >= 0.6 is 0 Å². The van der Waals surface area contributed by atoms with Crippen LogP contribution < -0.4 is 15.2 Å². The van der Waals surface area contributed by atoms with Crippen LogP contribution in [0.25, 0.3) is 0 Å². The van der Waals surface area contributed by atoms with Crippen molar-refractivity contribution in [2.24, 2.45) is 11.7 Å². The normalized spacial score (nSPS) is 14.5. The summed E-state index contributed by atoms with van der Waals surface area (Å²) in [6, 6.07) is 15.1. The highest BCUT2D eigenvalue weighted by Crippen LogP contribution is 2.26. The Balaban J connectivity index is 1.57. The number of piperidine rings is 1. The molecule has 28 heavy (non-hydrogen) atoms. The van der Waals surface area contributed by atoms with Crippen molar-refractivity contribution < 1.29 is 19.1 Å². The zero-order chi connectivity index (χ0) is 19.9. The number of para-hydroxylation sites is 1. The number of amides is 2. The van der Waals surface area contributed by atoms with Crippen LogP contribution in [0.2, 0.25) is 0 Å². The van der Waals surface area contributed by atoms with Crippen LogP contribution in [0.4, 0.5) is 0 Å². The van der Waals surface area contributed by atoms with Gasteiger partial charge in [0.05, 0.1) is 12.7 Å². The van der Waals surface area contributed by atoms with E-state index in [9.17, 15) is 9.59 Å². The molecule has 0 aliphatic carbocycles. The van der Waals surface area contributed by atoms with Gasteiger partial charge in [-0.2, -0.15) is 0 Å². The van der Waals surface area contributed by atoms with E-state index in [0.717, 1.165) is 25.0 Å². The summed E-state index contributed by atoms with van der Waals surface area (Å²) >= 11 is 0. The number of nitrogens with two attached hydrogens (primary N) is 1. The second-order valence-corrected chi connectivity index (χ2v) is 7.04. The maximum Gasteiger partial charge on any atom is 0.257 e. The monoisotopic (exact) mass is 382 g/mol. The number of hydrogen-bond donors (Lipinski definition) is 1. The van der Waals surface area contributed by atoms with Gasteiger partial charge in [0, 0.05) is 13.1 Å². The molecule has 0 spiro atoms. The maximum absolute atomic E-state index is 12.9. The molecule has 0 saturated carbocycles. The molecule has 2 aromatic rings. The van der Waals surface area contributed by atoms with Crippen LogP contribution in [0.15, 0.2) is 48.5 Å². The number of rotatable bonds is 7. The standard InChI is InChI=1S/C22H26N2O4/c1-27-18-8-6-16(7-9-18)14-17-10-12-24(13-11-17)22(26)19-4-2-3-5-20(19)28-15-21(23)25/h2-9,17H,10-15H2,1H3,(H2,23,25). The van der Waals surface area contributed by atoms with Crippen molar-refractivity contribution in [1.82, 2.24) is 4.90 Å². The molecule has 1 saturated heterocycles. The van der Waals surface area contributed by atoms with Crippen LogP contribution in [0.1, 0.15) is 28.8 Å².